The van der Waals surface area contributed by atoms with Crippen molar-refractivity contribution in [2.75, 3.05) is 47.1 Å². The zero-order valence-electron chi connectivity index (χ0n) is 12.9. The average molecular weight is 273 g/mol. The van der Waals surface area contributed by atoms with Crippen molar-refractivity contribution in [1.29, 1.82) is 0 Å². The Morgan fingerprint density at radius 3 is 2.00 bits per heavy atom. The quantitative estimate of drug-likeness (QED) is 0.427. The van der Waals surface area contributed by atoms with E-state index in [1.54, 1.807) is 14.2 Å². The Hall–Kier alpha value is -0.163. The SMILES string of the molecule is C=C(CN(CCOC)CCOC)C[Si](C)(C)CC. The van der Waals surface area contributed by atoms with Crippen LogP contribution in [0.1, 0.15) is 6.92 Å². The van der Waals surface area contributed by atoms with E-state index in [-0.39, 0.29) is 0 Å². The van der Waals surface area contributed by atoms with Gasteiger partial charge < -0.3 is 9.47 Å². The van der Waals surface area contributed by atoms with Gasteiger partial charge in [-0.1, -0.05) is 38.2 Å². The molecule has 0 rings (SSSR count). The summed E-state index contributed by atoms with van der Waals surface area (Å²) >= 11 is 0. The molecule has 0 aromatic heterocycles. The molecule has 0 unspecified atom stereocenters. The van der Waals surface area contributed by atoms with Crippen LogP contribution in [0.4, 0.5) is 0 Å². The van der Waals surface area contributed by atoms with Gasteiger partial charge in [-0.2, -0.15) is 0 Å². The summed E-state index contributed by atoms with van der Waals surface area (Å²) in [7, 11) is 2.43. The molecule has 0 spiro atoms. The Bertz CT molecular complexity index is 224. The summed E-state index contributed by atoms with van der Waals surface area (Å²) in [5, 5.41) is 0. The summed E-state index contributed by atoms with van der Waals surface area (Å²) < 4.78 is 10.3. The van der Waals surface area contributed by atoms with Gasteiger partial charge in [0.1, 0.15) is 0 Å². The predicted molar refractivity (Wildman–Crippen MR) is 82.1 cm³/mol. The average Bonchev–Trinajstić information content (AvgIpc) is 2.32. The van der Waals surface area contributed by atoms with Crippen molar-refractivity contribution in [2.45, 2.75) is 32.1 Å². The Kier molecular flexibility index (Phi) is 9.64. The van der Waals surface area contributed by atoms with Crippen molar-refractivity contribution < 1.29 is 9.47 Å². The van der Waals surface area contributed by atoms with Crippen LogP contribution in [0.25, 0.3) is 0 Å². The smallest absolute Gasteiger partial charge is 0.0589 e. The van der Waals surface area contributed by atoms with Crippen molar-refractivity contribution in [1.82, 2.24) is 4.90 Å². The molecule has 0 aliphatic heterocycles. The number of ether oxygens (including phenoxy) is 2. The second kappa shape index (κ2) is 9.73. The number of hydrogen-bond acceptors (Lipinski definition) is 3. The summed E-state index contributed by atoms with van der Waals surface area (Å²) in [6.07, 6.45) is 0. The zero-order chi connectivity index (χ0) is 14.0. The van der Waals surface area contributed by atoms with E-state index in [0.29, 0.717) is 0 Å². The van der Waals surface area contributed by atoms with Gasteiger partial charge in [-0.25, -0.2) is 0 Å². The highest BCUT2D eigenvalue weighted by atomic mass is 28.3. The molecule has 0 N–H and O–H groups in total. The van der Waals surface area contributed by atoms with Crippen molar-refractivity contribution in [3.8, 4) is 0 Å². The normalized spacial score (nSPS) is 12.1. The first-order valence-electron chi connectivity index (χ1n) is 6.82. The van der Waals surface area contributed by atoms with Crippen LogP contribution in [0.3, 0.4) is 0 Å². The second-order valence-electron chi connectivity index (χ2n) is 5.71. The van der Waals surface area contributed by atoms with Crippen LogP contribution in [0, 0.1) is 0 Å². The maximum atomic E-state index is 5.15. The van der Waals surface area contributed by atoms with Crippen LogP contribution in [-0.2, 0) is 9.47 Å². The van der Waals surface area contributed by atoms with Gasteiger partial charge in [0.15, 0.2) is 0 Å². The monoisotopic (exact) mass is 273 g/mol. The van der Waals surface area contributed by atoms with E-state index in [0.717, 1.165) is 32.8 Å². The third-order valence-corrected chi connectivity index (χ3v) is 6.73. The molecule has 0 aliphatic carbocycles. The third-order valence-electron chi connectivity index (χ3n) is 3.36. The lowest BCUT2D eigenvalue weighted by molar-refractivity contribution is 0.119. The van der Waals surface area contributed by atoms with Crippen LogP contribution >= 0.6 is 0 Å². The highest BCUT2D eigenvalue weighted by molar-refractivity contribution is 6.77. The van der Waals surface area contributed by atoms with Crippen LogP contribution < -0.4 is 0 Å². The molecular weight excluding hydrogens is 242 g/mol. The largest absolute Gasteiger partial charge is 0.383 e. The van der Waals surface area contributed by atoms with E-state index < -0.39 is 8.07 Å². The molecule has 0 amide bonds. The van der Waals surface area contributed by atoms with Gasteiger partial charge in [0.2, 0.25) is 0 Å². The summed E-state index contributed by atoms with van der Waals surface area (Å²) in [6, 6.07) is 2.54. The number of nitrogens with zero attached hydrogens (tertiary/aromatic N) is 1. The number of methoxy groups -OCH3 is 2. The Morgan fingerprint density at radius 2 is 1.61 bits per heavy atom. The van der Waals surface area contributed by atoms with Gasteiger partial charge in [0, 0.05) is 33.9 Å². The molecule has 0 aromatic rings. The van der Waals surface area contributed by atoms with Gasteiger partial charge in [0.25, 0.3) is 0 Å². The molecule has 0 radical (unpaired) electrons. The molecule has 0 atom stereocenters. The van der Waals surface area contributed by atoms with Gasteiger partial charge in [-0.15, -0.1) is 0 Å². The maximum Gasteiger partial charge on any atom is 0.0589 e. The topological polar surface area (TPSA) is 21.7 Å². The molecular formula is C14H31NO2Si. The number of rotatable bonds is 11. The highest BCUT2D eigenvalue weighted by Crippen LogP contribution is 2.19. The van der Waals surface area contributed by atoms with Crippen molar-refractivity contribution in [3.63, 3.8) is 0 Å². The molecule has 0 fully saturated rings. The molecule has 3 nitrogen and oxygen atoms in total. The maximum absolute atomic E-state index is 5.15. The minimum absolute atomic E-state index is 0.769. The molecule has 0 bridgehead atoms. The van der Waals surface area contributed by atoms with Crippen LogP contribution in [0.15, 0.2) is 12.2 Å². The lowest BCUT2D eigenvalue weighted by Crippen LogP contribution is -2.34. The molecule has 0 aromatic carbocycles. The van der Waals surface area contributed by atoms with E-state index in [1.807, 2.05) is 0 Å². The minimum Gasteiger partial charge on any atom is -0.383 e. The first-order chi connectivity index (χ1) is 8.45. The van der Waals surface area contributed by atoms with Crippen molar-refractivity contribution >= 4 is 8.07 Å². The molecule has 18 heavy (non-hydrogen) atoms. The lowest BCUT2D eigenvalue weighted by Gasteiger charge is -2.26. The van der Waals surface area contributed by atoms with Gasteiger partial charge in [0.05, 0.1) is 21.3 Å². The molecule has 0 saturated carbocycles. The summed E-state index contributed by atoms with van der Waals surface area (Å²) in [5.41, 5.74) is 1.36. The third kappa shape index (κ3) is 8.86. The van der Waals surface area contributed by atoms with E-state index in [2.05, 4.69) is 31.5 Å². The molecule has 0 saturated heterocycles. The molecule has 0 aliphatic rings. The summed E-state index contributed by atoms with van der Waals surface area (Å²) in [4.78, 5) is 2.37. The first-order valence-corrected chi connectivity index (χ1v) is 10.2. The number of hydrogen-bond donors (Lipinski definition) is 0. The van der Waals surface area contributed by atoms with E-state index in [1.165, 1.54) is 17.7 Å². The fourth-order valence-corrected chi connectivity index (χ4v) is 3.60. The predicted octanol–water partition coefficient (Wildman–Crippen LogP) is 2.87. The minimum atomic E-state index is -1.06. The fraction of sp³-hybridized carbons (Fsp3) is 0.857. The van der Waals surface area contributed by atoms with E-state index in [4.69, 9.17) is 9.47 Å². The van der Waals surface area contributed by atoms with Gasteiger partial charge in [-0.3, -0.25) is 4.90 Å². The molecule has 108 valence electrons. The van der Waals surface area contributed by atoms with E-state index in [9.17, 15) is 0 Å². The Morgan fingerprint density at radius 1 is 1.11 bits per heavy atom. The van der Waals surface area contributed by atoms with Gasteiger partial charge >= 0.3 is 0 Å². The summed E-state index contributed by atoms with van der Waals surface area (Å²) in [5.74, 6) is 0. The first kappa shape index (κ1) is 17.8. The van der Waals surface area contributed by atoms with Crippen LogP contribution in [0.2, 0.25) is 25.2 Å². The molecule has 0 heterocycles. The van der Waals surface area contributed by atoms with Crippen molar-refractivity contribution in [3.05, 3.63) is 12.2 Å². The standard InChI is InChI=1S/C14H31NO2Si/c1-7-18(5,6)13-14(2)12-15(8-10-16-3)9-11-17-4/h2,7-13H2,1,3-6H3. The van der Waals surface area contributed by atoms with Gasteiger partial charge in [-0.05, 0) is 6.04 Å². The Labute approximate surface area is 114 Å². The highest BCUT2D eigenvalue weighted by Gasteiger charge is 2.19. The summed E-state index contributed by atoms with van der Waals surface area (Å²) in [6.45, 7) is 15.8. The zero-order valence-corrected chi connectivity index (χ0v) is 13.9. The second-order valence-corrected chi connectivity index (χ2v) is 11.1. The van der Waals surface area contributed by atoms with E-state index >= 15 is 0 Å². The Balaban J connectivity index is 4.16. The lowest BCUT2D eigenvalue weighted by atomic mass is 10.3. The fourth-order valence-electron chi connectivity index (χ4n) is 1.88. The van der Waals surface area contributed by atoms with Crippen LogP contribution in [0.5, 0.6) is 0 Å². The van der Waals surface area contributed by atoms with Crippen molar-refractivity contribution in [2.24, 2.45) is 0 Å². The van der Waals surface area contributed by atoms with Crippen LogP contribution in [-0.4, -0.2) is 60.0 Å². The molecule has 4 heteroatoms.